The van der Waals surface area contributed by atoms with E-state index in [4.69, 9.17) is 39.6 Å². The lowest BCUT2D eigenvalue weighted by Crippen LogP contribution is -2.12. The SMILES string of the molecule is Cl.O=C(Cl)/C=N\OCc1nc(NC(=O)CCl)sc1Cl. The predicted octanol–water partition coefficient (Wildman–Crippen LogP) is 2.66. The zero-order chi connectivity index (χ0) is 13.5. The van der Waals surface area contributed by atoms with Gasteiger partial charge in [0.15, 0.2) is 11.7 Å². The highest BCUT2D eigenvalue weighted by atomic mass is 35.5. The van der Waals surface area contributed by atoms with Crippen molar-refractivity contribution in [3.8, 4) is 0 Å². The summed E-state index contributed by atoms with van der Waals surface area (Å²) in [5.74, 6) is -0.564. The second-order valence-electron chi connectivity index (χ2n) is 2.73. The molecule has 0 aliphatic heterocycles. The zero-order valence-electron chi connectivity index (χ0n) is 9.06. The van der Waals surface area contributed by atoms with Gasteiger partial charge in [0.05, 0.1) is 0 Å². The van der Waals surface area contributed by atoms with Gasteiger partial charge in [0.2, 0.25) is 5.91 Å². The number of alkyl halides is 1. The zero-order valence-corrected chi connectivity index (χ0v) is 13.0. The Morgan fingerprint density at radius 2 is 2.21 bits per heavy atom. The fourth-order valence-electron chi connectivity index (χ4n) is 0.805. The molecule has 1 amide bonds. The Balaban J connectivity index is 0.00000324. The van der Waals surface area contributed by atoms with Gasteiger partial charge in [0.1, 0.15) is 22.1 Å². The predicted molar refractivity (Wildman–Crippen MR) is 77.9 cm³/mol. The van der Waals surface area contributed by atoms with Crippen LogP contribution in [0.15, 0.2) is 5.16 Å². The Morgan fingerprint density at radius 1 is 1.53 bits per heavy atom. The van der Waals surface area contributed by atoms with Crippen molar-refractivity contribution >= 4 is 81.0 Å². The molecular formula is C8H7Cl4N3O3S. The van der Waals surface area contributed by atoms with E-state index >= 15 is 0 Å². The topological polar surface area (TPSA) is 80.7 Å². The van der Waals surface area contributed by atoms with Crippen molar-refractivity contribution in [3.63, 3.8) is 0 Å². The molecule has 0 aromatic carbocycles. The molecular weight excluding hydrogens is 360 g/mol. The van der Waals surface area contributed by atoms with Crippen molar-refractivity contribution in [1.29, 1.82) is 0 Å². The number of carbonyl (C=O) groups excluding carboxylic acids is 2. The van der Waals surface area contributed by atoms with E-state index in [2.05, 4.69) is 15.5 Å². The highest BCUT2D eigenvalue weighted by Crippen LogP contribution is 2.28. The lowest BCUT2D eigenvalue weighted by molar-refractivity contribution is -0.114. The van der Waals surface area contributed by atoms with Crippen LogP contribution in [-0.4, -0.2) is 28.2 Å². The fourth-order valence-corrected chi connectivity index (χ4v) is 1.94. The lowest BCUT2D eigenvalue weighted by atomic mass is 10.5. The molecule has 11 heteroatoms. The highest BCUT2D eigenvalue weighted by molar-refractivity contribution is 7.19. The molecule has 0 saturated heterocycles. The Labute approximate surface area is 133 Å². The molecule has 6 nitrogen and oxygen atoms in total. The molecule has 1 N–H and O–H groups in total. The van der Waals surface area contributed by atoms with Crippen LogP contribution in [0.4, 0.5) is 5.13 Å². The van der Waals surface area contributed by atoms with Crippen molar-refractivity contribution < 1.29 is 14.4 Å². The summed E-state index contributed by atoms with van der Waals surface area (Å²) < 4.78 is 0.340. The standard InChI is InChI=1S/C8H6Cl3N3O3S.ClH/c9-1-6(16)14-8-13-4(7(11)18-8)3-17-12-2-5(10)15;/h2H,1,3H2,(H,13,14,16);1H/b12-2-;. The Hall–Kier alpha value is -0.600. The summed E-state index contributed by atoms with van der Waals surface area (Å²) in [5.41, 5.74) is 0.380. The van der Waals surface area contributed by atoms with Crippen LogP contribution < -0.4 is 5.32 Å². The molecule has 106 valence electrons. The molecule has 0 radical (unpaired) electrons. The molecule has 1 rings (SSSR count). The van der Waals surface area contributed by atoms with Gasteiger partial charge in [-0.25, -0.2) is 4.98 Å². The van der Waals surface area contributed by atoms with Gasteiger partial charge in [-0.15, -0.1) is 24.0 Å². The van der Waals surface area contributed by atoms with Gasteiger partial charge in [-0.2, -0.15) is 0 Å². The quantitative estimate of drug-likeness (QED) is 0.363. The van der Waals surface area contributed by atoms with Gasteiger partial charge < -0.3 is 10.2 Å². The van der Waals surface area contributed by atoms with E-state index in [0.717, 1.165) is 17.6 Å². The first kappa shape index (κ1) is 18.4. The van der Waals surface area contributed by atoms with E-state index in [9.17, 15) is 9.59 Å². The van der Waals surface area contributed by atoms with Crippen LogP contribution in [-0.2, 0) is 21.0 Å². The van der Waals surface area contributed by atoms with Gasteiger partial charge >= 0.3 is 0 Å². The Kier molecular flexibility index (Phi) is 9.03. The maximum Gasteiger partial charge on any atom is 0.266 e. The van der Waals surface area contributed by atoms with Crippen molar-refractivity contribution in [2.24, 2.45) is 5.16 Å². The van der Waals surface area contributed by atoms with Crippen LogP contribution >= 0.6 is 58.5 Å². The van der Waals surface area contributed by atoms with Crippen molar-refractivity contribution in [3.05, 3.63) is 10.0 Å². The monoisotopic (exact) mass is 365 g/mol. The number of rotatable bonds is 6. The fraction of sp³-hybridized carbons (Fsp3) is 0.250. The average molecular weight is 367 g/mol. The summed E-state index contributed by atoms with van der Waals surface area (Å²) in [4.78, 5) is 30.1. The third-order valence-electron chi connectivity index (χ3n) is 1.45. The van der Waals surface area contributed by atoms with Gasteiger partial charge in [-0.3, -0.25) is 9.59 Å². The highest BCUT2D eigenvalue weighted by Gasteiger charge is 2.11. The number of nitrogens with zero attached hydrogens (tertiary/aromatic N) is 2. The number of amides is 1. The van der Waals surface area contributed by atoms with E-state index in [-0.39, 0.29) is 30.8 Å². The largest absolute Gasteiger partial charge is 0.389 e. The van der Waals surface area contributed by atoms with E-state index in [1.165, 1.54) is 0 Å². The van der Waals surface area contributed by atoms with E-state index in [0.29, 0.717) is 15.2 Å². The summed E-state index contributed by atoms with van der Waals surface area (Å²) in [6.07, 6.45) is 0.804. The van der Waals surface area contributed by atoms with E-state index in [1.54, 1.807) is 0 Å². The van der Waals surface area contributed by atoms with Crippen LogP contribution in [0.1, 0.15) is 5.69 Å². The average Bonchev–Trinajstić information content (AvgIpc) is 2.64. The second kappa shape index (κ2) is 9.33. The van der Waals surface area contributed by atoms with Crippen LogP contribution in [0.25, 0.3) is 0 Å². The summed E-state index contributed by atoms with van der Waals surface area (Å²) in [6.45, 7) is -0.0489. The van der Waals surface area contributed by atoms with Crippen LogP contribution in [0.5, 0.6) is 0 Å². The summed E-state index contributed by atoms with van der Waals surface area (Å²) >= 11 is 17.2. The minimum Gasteiger partial charge on any atom is -0.389 e. The van der Waals surface area contributed by atoms with Gasteiger partial charge in [-0.1, -0.05) is 28.1 Å². The van der Waals surface area contributed by atoms with Gasteiger partial charge in [0, 0.05) is 0 Å². The molecule has 0 unspecified atom stereocenters. The minimum atomic E-state index is -0.755. The minimum absolute atomic E-state index is 0. The first-order valence-electron chi connectivity index (χ1n) is 4.38. The Morgan fingerprint density at radius 3 is 2.79 bits per heavy atom. The van der Waals surface area contributed by atoms with Crippen LogP contribution in [0.2, 0.25) is 4.34 Å². The number of thiazole rings is 1. The van der Waals surface area contributed by atoms with E-state index < -0.39 is 5.24 Å². The molecule has 0 aliphatic rings. The van der Waals surface area contributed by atoms with E-state index in [1.807, 2.05) is 0 Å². The maximum atomic E-state index is 11.0. The second-order valence-corrected chi connectivity index (χ2v) is 4.97. The third-order valence-corrected chi connectivity index (χ3v) is 3.04. The number of aromatic nitrogens is 1. The molecule has 0 saturated carbocycles. The first-order valence-corrected chi connectivity index (χ1v) is 6.49. The van der Waals surface area contributed by atoms with Crippen molar-refractivity contribution in [2.75, 3.05) is 11.2 Å². The number of halogens is 4. The number of carbonyl (C=O) groups is 2. The molecule has 0 atom stereocenters. The number of anilines is 1. The third kappa shape index (κ3) is 6.93. The number of nitrogens with one attached hydrogen (secondary N) is 1. The maximum absolute atomic E-state index is 11.0. The molecule has 0 bridgehead atoms. The summed E-state index contributed by atoms with van der Waals surface area (Å²) in [5, 5.41) is 5.28. The van der Waals surface area contributed by atoms with Crippen molar-refractivity contribution in [1.82, 2.24) is 4.98 Å². The van der Waals surface area contributed by atoms with Gasteiger partial charge in [0.25, 0.3) is 5.24 Å². The molecule has 0 fully saturated rings. The molecule has 1 heterocycles. The molecule has 1 aromatic rings. The van der Waals surface area contributed by atoms with Gasteiger partial charge in [-0.05, 0) is 11.6 Å². The molecule has 1 aromatic heterocycles. The molecule has 0 spiro atoms. The summed E-state index contributed by atoms with van der Waals surface area (Å²) in [6, 6.07) is 0. The lowest BCUT2D eigenvalue weighted by Gasteiger charge is -1.96. The summed E-state index contributed by atoms with van der Waals surface area (Å²) in [7, 11) is 0. The number of oxime groups is 1. The number of hydrogen-bond donors (Lipinski definition) is 1. The smallest absolute Gasteiger partial charge is 0.266 e. The number of hydrogen-bond acceptors (Lipinski definition) is 6. The first-order chi connectivity index (χ1) is 8.52. The Bertz CT molecular complexity index is 480. The van der Waals surface area contributed by atoms with Crippen molar-refractivity contribution in [2.45, 2.75) is 6.61 Å². The normalized spacial score (nSPS) is 10.1. The molecule has 0 aliphatic carbocycles. The molecule has 19 heavy (non-hydrogen) atoms. The van der Waals surface area contributed by atoms with Crippen LogP contribution in [0, 0.1) is 0 Å². The van der Waals surface area contributed by atoms with Crippen LogP contribution in [0.3, 0.4) is 0 Å².